The SMILES string of the molecule is C=CCOC(=O)c1sc(N2C(=O)C(=O)C(=C(O)c3ccc4c(c3)C[C@H](C)O4)[C@@H]2c2ccc(C(C)C)cc2)nc1C. The van der Waals surface area contributed by atoms with Crippen LogP contribution < -0.4 is 9.64 Å². The molecule has 0 spiro atoms. The molecule has 3 heterocycles. The fourth-order valence-corrected chi connectivity index (χ4v) is 6.00. The highest BCUT2D eigenvalue weighted by Gasteiger charge is 2.48. The van der Waals surface area contributed by atoms with Crippen LogP contribution in [0.25, 0.3) is 5.76 Å². The molecule has 1 aromatic heterocycles. The van der Waals surface area contributed by atoms with Crippen LogP contribution in [0.4, 0.5) is 5.13 Å². The normalized spacial score (nSPS) is 19.6. The maximum atomic E-state index is 13.6. The minimum absolute atomic E-state index is 0.0120. The Morgan fingerprint density at radius 3 is 2.65 bits per heavy atom. The van der Waals surface area contributed by atoms with E-state index in [1.165, 1.54) is 11.0 Å². The maximum absolute atomic E-state index is 13.6. The van der Waals surface area contributed by atoms with Crippen LogP contribution >= 0.6 is 11.3 Å². The molecule has 1 saturated heterocycles. The van der Waals surface area contributed by atoms with Crippen molar-refractivity contribution in [2.75, 3.05) is 11.5 Å². The highest BCUT2D eigenvalue weighted by molar-refractivity contribution is 7.17. The zero-order valence-electron chi connectivity index (χ0n) is 22.8. The average Bonchev–Trinajstić information content (AvgIpc) is 3.58. The van der Waals surface area contributed by atoms with E-state index in [1.807, 2.05) is 31.2 Å². The minimum atomic E-state index is -0.952. The number of ketones is 1. The minimum Gasteiger partial charge on any atom is -0.507 e. The third-order valence-corrected chi connectivity index (χ3v) is 8.18. The van der Waals surface area contributed by atoms with Crippen molar-refractivity contribution >= 4 is 39.9 Å². The first-order valence-corrected chi connectivity index (χ1v) is 13.9. The number of aliphatic hydroxyl groups excluding tert-OH is 1. The number of rotatable bonds is 7. The molecule has 9 heteroatoms. The fraction of sp³-hybridized carbons (Fsp3) is 0.290. The number of benzene rings is 2. The number of aryl methyl sites for hydroxylation is 1. The Bertz CT molecular complexity index is 1550. The van der Waals surface area contributed by atoms with Gasteiger partial charge < -0.3 is 14.6 Å². The van der Waals surface area contributed by atoms with Gasteiger partial charge in [-0.2, -0.15) is 0 Å². The highest BCUT2D eigenvalue weighted by Crippen LogP contribution is 2.44. The Morgan fingerprint density at radius 2 is 1.98 bits per heavy atom. The smallest absolute Gasteiger partial charge is 0.350 e. The Balaban J connectivity index is 1.65. The number of ether oxygens (including phenoxy) is 2. The molecule has 40 heavy (non-hydrogen) atoms. The van der Waals surface area contributed by atoms with E-state index in [0.29, 0.717) is 23.2 Å². The number of amides is 1. The van der Waals surface area contributed by atoms with Gasteiger partial charge in [-0.15, -0.1) is 0 Å². The van der Waals surface area contributed by atoms with Crippen LogP contribution in [0.5, 0.6) is 5.75 Å². The Labute approximate surface area is 236 Å². The summed E-state index contributed by atoms with van der Waals surface area (Å²) in [6.07, 6.45) is 2.15. The van der Waals surface area contributed by atoms with Crippen LogP contribution in [0.3, 0.4) is 0 Å². The molecule has 206 valence electrons. The van der Waals surface area contributed by atoms with Gasteiger partial charge in [0.25, 0.3) is 5.78 Å². The zero-order valence-corrected chi connectivity index (χ0v) is 23.6. The Hall–Kier alpha value is -4.24. The maximum Gasteiger partial charge on any atom is 0.350 e. The number of hydrogen-bond donors (Lipinski definition) is 1. The van der Waals surface area contributed by atoms with Gasteiger partial charge in [-0.3, -0.25) is 14.5 Å². The first-order chi connectivity index (χ1) is 19.1. The van der Waals surface area contributed by atoms with Crippen LogP contribution in [0.1, 0.15) is 70.4 Å². The predicted octanol–water partition coefficient (Wildman–Crippen LogP) is 5.87. The molecule has 8 nitrogen and oxygen atoms in total. The molecule has 1 amide bonds. The van der Waals surface area contributed by atoms with E-state index in [9.17, 15) is 19.5 Å². The zero-order chi connectivity index (χ0) is 28.7. The molecule has 5 rings (SSSR count). The first-order valence-electron chi connectivity index (χ1n) is 13.1. The summed E-state index contributed by atoms with van der Waals surface area (Å²) in [6.45, 7) is 11.3. The van der Waals surface area contributed by atoms with E-state index in [4.69, 9.17) is 9.47 Å². The summed E-state index contributed by atoms with van der Waals surface area (Å²) in [5, 5.41) is 11.7. The van der Waals surface area contributed by atoms with Gasteiger partial charge in [0, 0.05) is 12.0 Å². The number of aromatic nitrogens is 1. The summed E-state index contributed by atoms with van der Waals surface area (Å²) >= 11 is 0.966. The summed E-state index contributed by atoms with van der Waals surface area (Å²) in [5.74, 6) is -1.52. The lowest BCUT2D eigenvalue weighted by molar-refractivity contribution is -0.132. The van der Waals surface area contributed by atoms with Gasteiger partial charge >= 0.3 is 11.9 Å². The van der Waals surface area contributed by atoms with E-state index in [2.05, 4.69) is 25.4 Å². The highest BCUT2D eigenvalue weighted by atomic mass is 32.1. The number of thiazole rings is 1. The van der Waals surface area contributed by atoms with Crippen LogP contribution in [-0.4, -0.2) is 40.5 Å². The molecule has 0 saturated carbocycles. The Morgan fingerprint density at radius 1 is 1.25 bits per heavy atom. The van der Waals surface area contributed by atoms with Gasteiger partial charge in [0.2, 0.25) is 0 Å². The van der Waals surface area contributed by atoms with Gasteiger partial charge in [0.15, 0.2) is 5.13 Å². The second-order valence-electron chi connectivity index (χ2n) is 10.2. The number of carbonyl (C=O) groups is 3. The largest absolute Gasteiger partial charge is 0.507 e. The summed E-state index contributed by atoms with van der Waals surface area (Å²) in [4.78, 5) is 45.7. The lowest BCUT2D eigenvalue weighted by atomic mass is 9.93. The third kappa shape index (κ3) is 4.81. The molecule has 1 N–H and O–H groups in total. The van der Waals surface area contributed by atoms with E-state index >= 15 is 0 Å². The quantitative estimate of drug-likeness (QED) is 0.127. The molecule has 2 atom stereocenters. The molecule has 0 unspecified atom stereocenters. The van der Waals surface area contributed by atoms with Crippen molar-refractivity contribution in [3.05, 3.63) is 93.5 Å². The Kier molecular flexibility index (Phi) is 7.33. The van der Waals surface area contributed by atoms with Crippen molar-refractivity contribution in [2.24, 2.45) is 0 Å². The van der Waals surface area contributed by atoms with E-state index in [1.54, 1.807) is 25.1 Å². The van der Waals surface area contributed by atoms with E-state index < -0.39 is 23.7 Å². The second kappa shape index (κ2) is 10.7. The molecule has 2 aliphatic heterocycles. The van der Waals surface area contributed by atoms with Crippen LogP contribution in [0.2, 0.25) is 0 Å². The summed E-state index contributed by atoms with van der Waals surface area (Å²) in [7, 11) is 0. The summed E-state index contributed by atoms with van der Waals surface area (Å²) in [6, 6.07) is 11.9. The van der Waals surface area contributed by atoms with Crippen molar-refractivity contribution < 1.29 is 29.0 Å². The van der Waals surface area contributed by atoms with E-state index in [-0.39, 0.29) is 40.0 Å². The molecular weight excluding hydrogens is 528 g/mol. The summed E-state index contributed by atoms with van der Waals surface area (Å²) < 4.78 is 11.0. The van der Waals surface area contributed by atoms with Gasteiger partial charge in [0.05, 0.1) is 17.3 Å². The number of esters is 1. The monoisotopic (exact) mass is 558 g/mol. The molecule has 2 aliphatic rings. The third-order valence-electron chi connectivity index (χ3n) is 7.04. The molecule has 2 aromatic carbocycles. The number of nitrogens with zero attached hydrogens (tertiary/aromatic N) is 2. The van der Waals surface area contributed by atoms with Crippen LogP contribution in [0, 0.1) is 6.92 Å². The van der Waals surface area contributed by atoms with Crippen LogP contribution in [0.15, 0.2) is 60.7 Å². The lowest BCUT2D eigenvalue weighted by Gasteiger charge is -2.23. The fourth-order valence-electron chi connectivity index (χ4n) is 5.01. The van der Waals surface area contributed by atoms with Crippen molar-refractivity contribution in [1.82, 2.24) is 4.98 Å². The van der Waals surface area contributed by atoms with Gasteiger partial charge in [0.1, 0.15) is 29.1 Å². The summed E-state index contributed by atoms with van der Waals surface area (Å²) in [5.41, 5.74) is 3.39. The number of fused-ring (bicyclic) bond motifs is 1. The van der Waals surface area contributed by atoms with Crippen molar-refractivity contribution in [2.45, 2.75) is 52.2 Å². The van der Waals surface area contributed by atoms with Crippen molar-refractivity contribution in [1.29, 1.82) is 0 Å². The van der Waals surface area contributed by atoms with Gasteiger partial charge in [-0.1, -0.05) is 62.1 Å². The number of aliphatic hydroxyl groups is 1. The molecule has 0 bridgehead atoms. The average molecular weight is 559 g/mol. The van der Waals surface area contributed by atoms with Crippen molar-refractivity contribution in [3.8, 4) is 5.75 Å². The first kappa shape index (κ1) is 27.3. The second-order valence-corrected chi connectivity index (χ2v) is 11.2. The number of hydrogen-bond acceptors (Lipinski definition) is 8. The van der Waals surface area contributed by atoms with Gasteiger partial charge in [-0.25, -0.2) is 9.78 Å². The number of Topliss-reactive ketones (excluding diaryl/α,β-unsaturated/α-hetero) is 1. The lowest BCUT2D eigenvalue weighted by Crippen LogP contribution is -2.29. The molecule has 1 fully saturated rings. The molecular formula is C31H30N2O6S. The molecule has 3 aromatic rings. The number of carbonyl (C=O) groups excluding carboxylic acids is 3. The predicted molar refractivity (Wildman–Crippen MR) is 153 cm³/mol. The van der Waals surface area contributed by atoms with E-state index in [0.717, 1.165) is 28.2 Å². The van der Waals surface area contributed by atoms with Crippen molar-refractivity contribution in [3.63, 3.8) is 0 Å². The van der Waals surface area contributed by atoms with Gasteiger partial charge in [-0.05, 0) is 54.7 Å². The topological polar surface area (TPSA) is 106 Å². The van der Waals surface area contributed by atoms with Crippen LogP contribution in [-0.2, 0) is 20.7 Å². The molecule has 0 radical (unpaired) electrons. The number of anilines is 1. The molecule has 0 aliphatic carbocycles. The standard InChI is InChI=1S/C31H30N2O6S/c1-6-13-38-30(37)28-18(5)32-31(40-28)33-25(20-9-7-19(8-10-20)16(2)3)24(27(35)29(33)36)26(34)21-11-12-23-22(15-21)14-17(4)39-23/h6-12,15-17,25,34H,1,13-14H2,2-5H3/t17-,25-/m0/s1.